The van der Waals surface area contributed by atoms with Crippen LogP contribution in [0.5, 0.6) is 11.5 Å². The zero-order valence-electron chi connectivity index (χ0n) is 17.4. The topological polar surface area (TPSA) is 50.8 Å². The Morgan fingerprint density at radius 2 is 1.97 bits per heavy atom. The summed E-state index contributed by atoms with van der Waals surface area (Å²) < 4.78 is 11.0. The number of carbonyl (C=O) groups is 1. The number of piperidine rings is 1. The van der Waals surface area contributed by atoms with E-state index in [0.29, 0.717) is 24.0 Å². The minimum absolute atomic E-state index is 0.0845. The molecule has 30 heavy (non-hydrogen) atoms. The van der Waals surface area contributed by atoms with Crippen LogP contribution in [0.2, 0.25) is 5.02 Å². The Hall–Kier alpha value is -2.24. The van der Waals surface area contributed by atoms with E-state index in [2.05, 4.69) is 22.3 Å². The van der Waals surface area contributed by atoms with Gasteiger partial charge in [0.25, 0.3) is 0 Å². The summed E-state index contributed by atoms with van der Waals surface area (Å²) in [6.07, 6.45) is 2.90. The highest BCUT2D eigenvalue weighted by atomic mass is 35.5. The highest BCUT2D eigenvalue weighted by Gasteiger charge is 2.27. The van der Waals surface area contributed by atoms with E-state index in [1.807, 2.05) is 30.3 Å². The van der Waals surface area contributed by atoms with Gasteiger partial charge in [0.1, 0.15) is 18.1 Å². The molecule has 0 spiro atoms. The molecule has 160 valence electrons. The van der Waals surface area contributed by atoms with Gasteiger partial charge >= 0.3 is 0 Å². The Morgan fingerprint density at radius 3 is 2.70 bits per heavy atom. The van der Waals surface area contributed by atoms with Crippen molar-refractivity contribution in [2.24, 2.45) is 11.8 Å². The third-order valence-corrected chi connectivity index (χ3v) is 6.37. The second-order valence-corrected chi connectivity index (χ2v) is 8.71. The molecule has 0 saturated carbocycles. The van der Waals surface area contributed by atoms with Gasteiger partial charge in [-0.1, -0.05) is 23.7 Å². The number of rotatable bonds is 6. The number of halogens is 1. The molecule has 2 aliphatic rings. The quantitative estimate of drug-likeness (QED) is 0.757. The molecule has 6 heteroatoms. The van der Waals surface area contributed by atoms with Crippen LogP contribution in [0.3, 0.4) is 0 Å². The van der Waals surface area contributed by atoms with E-state index >= 15 is 0 Å². The minimum Gasteiger partial charge on any atom is -0.497 e. The third-order valence-electron chi connectivity index (χ3n) is 6.14. The predicted molar refractivity (Wildman–Crippen MR) is 118 cm³/mol. The van der Waals surface area contributed by atoms with E-state index in [9.17, 15) is 4.79 Å². The van der Waals surface area contributed by atoms with Crippen molar-refractivity contribution >= 4 is 17.5 Å². The van der Waals surface area contributed by atoms with E-state index in [1.54, 1.807) is 7.11 Å². The number of benzene rings is 2. The number of amides is 1. The number of ether oxygens (including phenoxy) is 2. The SMILES string of the molecule is COc1ccc(CN2CCC(CNC(=O)C3COc4ccc(Cl)cc4C3)CC2)cc1. The number of nitrogens with zero attached hydrogens (tertiary/aromatic N) is 1. The molecule has 2 aromatic carbocycles. The van der Waals surface area contributed by atoms with Crippen LogP contribution in [0.25, 0.3) is 0 Å². The fraction of sp³-hybridized carbons (Fsp3) is 0.458. The Morgan fingerprint density at radius 1 is 1.20 bits per heavy atom. The van der Waals surface area contributed by atoms with Gasteiger partial charge in [-0.15, -0.1) is 0 Å². The van der Waals surface area contributed by atoms with Gasteiger partial charge in [-0.2, -0.15) is 0 Å². The normalized spacial score (nSPS) is 19.6. The number of hydrogen-bond donors (Lipinski definition) is 1. The molecule has 1 fully saturated rings. The fourth-order valence-corrected chi connectivity index (χ4v) is 4.45. The number of likely N-dealkylation sites (tertiary alicyclic amines) is 1. The van der Waals surface area contributed by atoms with Gasteiger partial charge < -0.3 is 14.8 Å². The van der Waals surface area contributed by atoms with Crippen molar-refractivity contribution in [1.82, 2.24) is 10.2 Å². The standard InChI is InChI=1S/C24H29ClN2O3/c1-29-22-5-2-18(3-6-22)15-27-10-8-17(9-11-27)14-26-24(28)20-12-19-13-21(25)4-7-23(19)30-16-20/h2-7,13,17,20H,8-12,14-16H2,1H3,(H,26,28). The maximum atomic E-state index is 12.6. The zero-order chi connectivity index (χ0) is 20.9. The van der Waals surface area contributed by atoms with Crippen molar-refractivity contribution < 1.29 is 14.3 Å². The second-order valence-electron chi connectivity index (χ2n) is 8.28. The first-order valence-corrected chi connectivity index (χ1v) is 11.0. The largest absolute Gasteiger partial charge is 0.497 e. The van der Waals surface area contributed by atoms with E-state index in [-0.39, 0.29) is 11.8 Å². The molecule has 2 aliphatic heterocycles. The molecule has 1 amide bonds. The van der Waals surface area contributed by atoms with E-state index < -0.39 is 0 Å². The summed E-state index contributed by atoms with van der Waals surface area (Å²) in [5.41, 5.74) is 2.32. The highest BCUT2D eigenvalue weighted by molar-refractivity contribution is 6.30. The number of hydrogen-bond acceptors (Lipinski definition) is 4. The first-order valence-electron chi connectivity index (χ1n) is 10.6. The van der Waals surface area contributed by atoms with Crippen molar-refractivity contribution in [2.75, 3.05) is 33.4 Å². The van der Waals surface area contributed by atoms with Gasteiger partial charge in [-0.3, -0.25) is 9.69 Å². The molecule has 1 unspecified atom stereocenters. The number of methoxy groups -OCH3 is 1. The lowest BCUT2D eigenvalue weighted by Gasteiger charge is -2.32. The summed E-state index contributed by atoms with van der Waals surface area (Å²) in [5.74, 6) is 2.20. The first kappa shape index (κ1) is 21.0. The lowest BCUT2D eigenvalue weighted by Crippen LogP contribution is -2.42. The molecule has 1 N–H and O–H groups in total. The summed E-state index contributed by atoms with van der Waals surface area (Å²) in [4.78, 5) is 15.1. The van der Waals surface area contributed by atoms with E-state index in [1.165, 1.54) is 5.56 Å². The molecule has 0 bridgehead atoms. The van der Waals surface area contributed by atoms with Gasteiger partial charge in [0, 0.05) is 18.1 Å². The summed E-state index contributed by atoms with van der Waals surface area (Å²) in [6, 6.07) is 13.9. The number of fused-ring (bicyclic) bond motifs is 1. The van der Waals surface area contributed by atoms with E-state index in [4.69, 9.17) is 21.1 Å². The van der Waals surface area contributed by atoms with Crippen molar-refractivity contribution in [3.8, 4) is 11.5 Å². The zero-order valence-corrected chi connectivity index (χ0v) is 18.2. The predicted octanol–water partition coefficient (Wildman–Crippen LogP) is 3.93. The molecular weight excluding hydrogens is 400 g/mol. The van der Waals surface area contributed by atoms with Gasteiger partial charge in [0.2, 0.25) is 5.91 Å². The number of nitrogens with one attached hydrogen (secondary N) is 1. The average molecular weight is 429 g/mol. The molecule has 1 saturated heterocycles. The van der Waals surface area contributed by atoms with Crippen LogP contribution in [0.4, 0.5) is 0 Å². The smallest absolute Gasteiger partial charge is 0.226 e. The minimum atomic E-state index is -0.147. The molecule has 2 aromatic rings. The maximum Gasteiger partial charge on any atom is 0.226 e. The summed E-state index contributed by atoms with van der Waals surface area (Å²) >= 11 is 6.08. The second kappa shape index (κ2) is 9.71. The van der Waals surface area contributed by atoms with Gasteiger partial charge in [-0.05, 0) is 79.7 Å². The molecule has 1 atom stereocenters. The Balaban J connectivity index is 1.19. The molecule has 5 nitrogen and oxygen atoms in total. The molecule has 2 heterocycles. The molecule has 0 aliphatic carbocycles. The van der Waals surface area contributed by atoms with Crippen molar-refractivity contribution in [1.29, 1.82) is 0 Å². The van der Waals surface area contributed by atoms with Crippen molar-refractivity contribution in [3.05, 3.63) is 58.6 Å². The molecule has 0 aromatic heterocycles. The van der Waals surface area contributed by atoms with Crippen LogP contribution in [-0.2, 0) is 17.8 Å². The Bertz CT molecular complexity index is 863. The molecule has 4 rings (SSSR count). The van der Waals surface area contributed by atoms with Crippen molar-refractivity contribution in [2.45, 2.75) is 25.8 Å². The van der Waals surface area contributed by atoms with Crippen LogP contribution in [0.15, 0.2) is 42.5 Å². The first-order chi connectivity index (χ1) is 14.6. The highest BCUT2D eigenvalue weighted by Crippen LogP contribution is 2.30. The number of carbonyl (C=O) groups excluding carboxylic acids is 1. The average Bonchev–Trinajstić information content (AvgIpc) is 2.78. The van der Waals surface area contributed by atoms with Gasteiger partial charge in [0.05, 0.1) is 13.0 Å². The third kappa shape index (κ3) is 5.27. The Kier molecular flexibility index (Phi) is 6.80. The van der Waals surface area contributed by atoms with Crippen LogP contribution >= 0.6 is 11.6 Å². The van der Waals surface area contributed by atoms with Gasteiger partial charge in [0.15, 0.2) is 0 Å². The monoisotopic (exact) mass is 428 g/mol. The maximum absolute atomic E-state index is 12.6. The lowest BCUT2D eigenvalue weighted by atomic mass is 9.94. The molecular formula is C24H29ClN2O3. The Labute approximate surface area is 183 Å². The lowest BCUT2D eigenvalue weighted by molar-refractivity contribution is -0.126. The van der Waals surface area contributed by atoms with E-state index in [0.717, 1.165) is 56.1 Å². The van der Waals surface area contributed by atoms with Crippen molar-refractivity contribution in [3.63, 3.8) is 0 Å². The summed E-state index contributed by atoms with van der Waals surface area (Å²) in [6.45, 7) is 4.26. The van der Waals surface area contributed by atoms with Crippen LogP contribution < -0.4 is 14.8 Å². The van der Waals surface area contributed by atoms with Crippen LogP contribution in [0, 0.1) is 11.8 Å². The molecule has 0 radical (unpaired) electrons. The van der Waals surface area contributed by atoms with Crippen LogP contribution in [-0.4, -0.2) is 44.2 Å². The van der Waals surface area contributed by atoms with Gasteiger partial charge in [-0.25, -0.2) is 0 Å². The summed E-state index contributed by atoms with van der Waals surface area (Å²) in [5, 5.41) is 3.84. The fourth-order valence-electron chi connectivity index (χ4n) is 4.26. The van der Waals surface area contributed by atoms with Crippen LogP contribution in [0.1, 0.15) is 24.0 Å². The summed E-state index contributed by atoms with van der Waals surface area (Å²) in [7, 11) is 1.69.